The van der Waals surface area contributed by atoms with Gasteiger partial charge in [0.05, 0.1) is 5.60 Å². The summed E-state index contributed by atoms with van der Waals surface area (Å²) in [5.74, 6) is 0.707. The minimum atomic E-state index is -0.660. The smallest absolute Gasteiger partial charge is 0.0871 e. The minimum Gasteiger partial charge on any atom is -0.385 e. The van der Waals surface area contributed by atoms with Crippen LogP contribution in [0, 0.1) is 9.49 Å². The molecule has 1 aromatic rings. The molecule has 0 radical (unpaired) electrons. The third kappa shape index (κ3) is 3.68. The van der Waals surface area contributed by atoms with Gasteiger partial charge in [-0.1, -0.05) is 44.2 Å². The molecule has 17 heavy (non-hydrogen) atoms. The number of halogens is 1. The Labute approximate surface area is 118 Å². The van der Waals surface area contributed by atoms with Crippen LogP contribution in [0.5, 0.6) is 0 Å². The van der Waals surface area contributed by atoms with Gasteiger partial charge in [-0.05, 0) is 59.5 Å². The van der Waals surface area contributed by atoms with Gasteiger partial charge in [-0.25, -0.2) is 0 Å². The Balaban J connectivity index is 2.04. The van der Waals surface area contributed by atoms with Gasteiger partial charge in [-0.3, -0.25) is 0 Å². The number of hydrogen-bond acceptors (Lipinski definition) is 1. The fourth-order valence-corrected chi connectivity index (χ4v) is 3.24. The highest BCUT2D eigenvalue weighted by atomic mass is 127. The lowest BCUT2D eigenvalue weighted by Crippen LogP contribution is -2.26. The summed E-state index contributed by atoms with van der Waals surface area (Å²) in [7, 11) is 0. The van der Waals surface area contributed by atoms with Gasteiger partial charge in [0.2, 0.25) is 0 Å². The third-order valence-corrected chi connectivity index (χ3v) is 4.60. The van der Waals surface area contributed by atoms with E-state index in [0.29, 0.717) is 5.92 Å². The quantitative estimate of drug-likeness (QED) is 0.803. The maximum absolute atomic E-state index is 10.6. The van der Waals surface area contributed by atoms with E-state index in [9.17, 15) is 5.11 Å². The fourth-order valence-electron chi connectivity index (χ4n) is 2.88. The summed E-state index contributed by atoms with van der Waals surface area (Å²) < 4.78 is 1.22. The van der Waals surface area contributed by atoms with Crippen LogP contribution in [0.25, 0.3) is 0 Å². The first kappa shape index (κ1) is 13.3. The molecule has 1 unspecified atom stereocenters. The second kappa shape index (κ2) is 5.70. The molecule has 0 spiro atoms. The van der Waals surface area contributed by atoms with Crippen molar-refractivity contribution < 1.29 is 5.11 Å². The van der Waals surface area contributed by atoms with Crippen molar-refractivity contribution in [2.45, 2.75) is 51.0 Å². The highest BCUT2D eigenvalue weighted by Gasteiger charge is 2.28. The first-order chi connectivity index (χ1) is 8.08. The largest absolute Gasteiger partial charge is 0.385 e. The van der Waals surface area contributed by atoms with Crippen LogP contribution in [0.1, 0.15) is 51.0 Å². The molecule has 1 atom stereocenters. The van der Waals surface area contributed by atoms with E-state index in [2.05, 4.69) is 46.9 Å². The molecule has 0 aromatic heterocycles. The SMILES string of the molecule is CC(O)(CC1CCCCC1)c1ccc(I)cc1. The molecule has 1 fully saturated rings. The molecule has 0 bridgehead atoms. The Morgan fingerprint density at radius 1 is 1.18 bits per heavy atom. The summed E-state index contributed by atoms with van der Waals surface area (Å²) in [6, 6.07) is 8.27. The summed E-state index contributed by atoms with van der Waals surface area (Å²) in [5, 5.41) is 10.6. The van der Waals surface area contributed by atoms with Crippen LogP contribution in [0.4, 0.5) is 0 Å². The topological polar surface area (TPSA) is 20.2 Å². The zero-order valence-electron chi connectivity index (χ0n) is 10.5. The summed E-state index contributed by atoms with van der Waals surface area (Å²) in [5.41, 5.74) is 0.398. The summed E-state index contributed by atoms with van der Waals surface area (Å²) in [4.78, 5) is 0. The normalized spacial score (nSPS) is 21.1. The highest BCUT2D eigenvalue weighted by molar-refractivity contribution is 14.1. The van der Waals surface area contributed by atoms with Crippen LogP contribution in [-0.2, 0) is 5.60 Å². The third-order valence-electron chi connectivity index (χ3n) is 3.88. The minimum absolute atomic E-state index is 0.660. The number of rotatable bonds is 3. The van der Waals surface area contributed by atoms with Gasteiger partial charge in [-0.15, -0.1) is 0 Å². The van der Waals surface area contributed by atoms with Crippen molar-refractivity contribution in [1.29, 1.82) is 0 Å². The Morgan fingerprint density at radius 3 is 2.35 bits per heavy atom. The van der Waals surface area contributed by atoms with Gasteiger partial charge in [0.15, 0.2) is 0 Å². The summed E-state index contributed by atoms with van der Waals surface area (Å²) in [6.45, 7) is 1.96. The number of hydrogen-bond donors (Lipinski definition) is 1. The first-order valence-electron chi connectivity index (χ1n) is 6.56. The highest BCUT2D eigenvalue weighted by Crippen LogP contribution is 2.35. The van der Waals surface area contributed by atoms with Gasteiger partial charge in [0.1, 0.15) is 0 Å². The Kier molecular flexibility index (Phi) is 4.47. The molecule has 1 aliphatic carbocycles. The molecular formula is C15H21IO. The molecule has 2 rings (SSSR count). The molecule has 1 nitrogen and oxygen atoms in total. The molecule has 0 amide bonds. The molecular weight excluding hydrogens is 323 g/mol. The van der Waals surface area contributed by atoms with E-state index < -0.39 is 5.60 Å². The monoisotopic (exact) mass is 344 g/mol. The zero-order chi connectivity index (χ0) is 12.3. The molecule has 94 valence electrons. The van der Waals surface area contributed by atoms with E-state index in [1.807, 2.05) is 6.92 Å². The van der Waals surface area contributed by atoms with E-state index >= 15 is 0 Å². The maximum Gasteiger partial charge on any atom is 0.0871 e. The lowest BCUT2D eigenvalue weighted by atomic mass is 9.79. The van der Waals surface area contributed by atoms with E-state index in [1.165, 1.54) is 35.7 Å². The zero-order valence-corrected chi connectivity index (χ0v) is 12.6. The van der Waals surface area contributed by atoms with Crippen molar-refractivity contribution >= 4 is 22.6 Å². The average Bonchev–Trinajstić information content (AvgIpc) is 2.30. The predicted molar refractivity (Wildman–Crippen MR) is 79.9 cm³/mol. The van der Waals surface area contributed by atoms with E-state index in [1.54, 1.807) is 0 Å². The molecule has 1 N–H and O–H groups in total. The Bertz CT molecular complexity index is 350. The number of aliphatic hydroxyl groups is 1. The van der Waals surface area contributed by atoms with Crippen LogP contribution in [0.2, 0.25) is 0 Å². The molecule has 0 aliphatic heterocycles. The number of benzene rings is 1. The van der Waals surface area contributed by atoms with Crippen LogP contribution >= 0.6 is 22.6 Å². The predicted octanol–water partition coefficient (Wildman–Crippen LogP) is 4.47. The molecule has 1 aliphatic rings. The van der Waals surface area contributed by atoms with Crippen LogP contribution in [0.3, 0.4) is 0 Å². The van der Waals surface area contributed by atoms with Gasteiger partial charge in [0, 0.05) is 3.57 Å². The summed E-state index contributed by atoms with van der Waals surface area (Å²) >= 11 is 2.30. The lowest BCUT2D eigenvalue weighted by molar-refractivity contribution is 0.0238. The van der Waals surface area contributed by atoms with Crippen molar-refractivity contribution in [2.75, 3.05) is 0 Å². The van der Waals surface area contributed by atoms with Gasteiger partial charge in [-0.2, -0.15) is 0 Å². The Morgan fingerprint density at radius 2 is 1.76 bits per heavy atom. The van der Waals surface area contributed by atoms with Crippen molar-refractivity contribution in [2.24, 2.45) is 5.92 Å². The van der Waals surface area contributed by atoms with E-state index in [-0.39, 0.29) is 0 Å². The maximum atomic E-state index is 10.6. The van der Waals surface area contributed by atoms with Crippen LogP contribution < -0.4 is 0 Å². The molecule has 1 saturated carbocycles. The van der Waals surface area contributed by atoms with Crippen molar-refractivity contribution in [3.63, 3.8) is 0 Å². The average molecular weight is 344 g/mol. The summed E-state index contributed by atoms with van der Waals surface area (Å²) in [6.07, 6.45) is 7.55. The van der Waals surface area contributed by atoms with E-state index in [4.69, 9.17) is 0 Å². The molecule has 2 heteroatoms. The van der Waals surface area contributed by atoms with Crippen LogP contribution in [-0.4, -0.2) is 5.11 Å². The second-order valence-corrected chi connectivity index (χ2v) is 6.73. The molecule has 0 heterocycles. The standard InChI is InChI=1S/C15H21IO/c1-15(17,11-12-5-3-2-4-6-12)13-7-9-14(16)10-8-13/h7-10,12,17H,2-6,11H2,1H3. The van der Waals surface area contributed by atoms with Crippen molar-refractivity contribution in [1.82, 2.24) is 0 Å². The van der Waals surface area contributed by atoms with Crippen LogP contribution in [0.15, 0.2) is 24.3 Å². The van der Waals surface area contributed by atoms with Crippen molar-refractivity contribution in [3.8, 4) is 0 Å². The lowest BCUT2D eigenvalue weighted by Gasteiger charge is -2.31. The second-order valence-electron chi connectivity index (χ2n) is 5.49. The van der Waals surface area contributed by atoms with Crippen molar-refractivity contribution in [3.05, 3.63) is 33.4 Å². The molecule has 0 saturated heterocycles. The Hall–Kier alpha value is -0.0900. The fraction of sp³-hybridized carbons (Fsp3) is 0.600. The van der Waals surface area contributed by atoms with Gasteiger partial charge in [0.25, 0.3) is 0 Å². The first-order valence-corrected chi connectivity index (χ1v) is 7.64. The van der Waals surface area contributed by atoms with E-state index in [0.717, 1.165) is 12.0 Å². The molecule has 1 aromatic carbocycles. The van der Waals surface area contributed by atoms with Gasteiger partial charge >= 0.3 is 0 Å². The van der Waals surface area contributed by atoms with Gasteiger partial charge < -0.3 is 5.11 Å².